The third-order valence-electron chi connectivity index (χ3n) is 4.34. The summed E-state index contributed by atoms with van der Waals surface area (Å²) in [6.45, 7) is 5.10. The number of rotatable bonds is 4. The van der Waals surface area contributed by atoms with Gasteiger partial charge in [0.15, 0.2) is 0 Å². The Bertz CT molecular complexity index is 1080. The van der Waals surface area contributed by atoms with Gasteiger partial charge in [0.2, 0.25) is 5.88 Å². The van der Waals surface area contributed by atoms with Crippen LogP contribution >= 0.6 is 43.5 Å². The summed E-state index contributed by atoms with van der Waals surface area (Å²) >= 11 is 12.8. The molecule has 6 heteroatoms. The molecule has 0 atom stereocenters. The van der Waals surface area contributed by atoms with Crippen molar-refractivity contribution < 1.29 is 4.74 Å². The van der Waals surface area contributed by atoms with Gasteiger partial charge in [-0.1, -0.05) is 67.9 Å². The van der Waals surface area contributed by atoms with Gasteiger partial charge < -0.3 is 4.74 Å². The molecule has 0 aliphatic rings. The molecule has 2 heterocycles. The van der Waals surface area contributed by atoms with Crippen LogP contribution in [0.5, 0.6) is 5.88 Å². The van der Waals surface area contributed by atoms with Crippen LogP contribution in [0.15, 0.2) is 69.9 Å². The Morgan fingerprint density at radius 2 is 1.34 bits per heavy atom. The van der Waals surface area contributed by atoms with E-state index in [1.54, 1.807) is 12.4 Å². The monoisotopic (exact) mass is 534 g/mol. The van der Waals surface area contributed by atoms with E-state index in [0.717, 1.165) is 49.4 Å². The Morgan fingerprint density at radius 3 is 1.93 bits per heavy atom. The van der Waals surface area contributed by atoms with Crippen molar-refractivity contribution in [2.24, 2.45) is 5.92 Å². The highest BCUT2D eigenvalue weighted by molar-refractivity contribution is 9.11. The first-order valence-corrected chi connectivity index (χ1v) is 11.3. The van der Waals surface area contributed by atoms with Gasteiger partial charge in [0.25, 0.3) is 0 Å². The molecule has 4 rings (SSSR count). The van der Waals surface area contributed by atoms with E-state index < -0.39 is 0 Å². The second-order valence-electron chi connectivity index (χ2n) is 6.93. The highest BCUT2D eigenvalue weighted by atomic mass is 79.9. The van der Waals surface area contributed by atoms with Crippen LogP contribution < -0.4 is 4.74 Å². The minimum atomic E-state index is 0.550. The van der Waals surface area contributed by atoms with Crippen molar-refractivity contribution in [3.63, 3.8) is 0 Å². The van der Waals surface area contributed by atoms with Gasteiger partial charge in [0.1, 0.15) is 5.15 Å². The van der Waals surface area contributed by atoms with E-state index in [2.05, 4.69) is 61.7 Å². The number of hydrogen-bond acceptors (Lipinski definition) is 3. The van der Waals surface area contributed by atoms with Gasteiger partial charge in [0, 0.05) is 42.9 Å². The molecule has 0 N–H and O–H groups in total. The minimum absolute atomic E-state index is 0.550. The van der Waals surface area contributed by atoms with Gasteiger partial charge >= 0.3 is 0 Å². The average Bonchev–Trinajstić information content (AvgIpc) is 2.73. The van der Waals surface area contributed by atoms with Crippen LogP contribution in [0.4, 0.5) is 0 Å². The first-order chi connectivity index (χ1) is 14.0. The molecule has 2 aromatic heterocycles. The van der Waals surface area contributed by atoms with Crippen molar-refractivity contribution in [1.29, 1.82) is 0 Å². The number of halogens is 3. The van der Waals surface area contributed by atoms with Crippen LogP contribution in [0.25, 0.3) is 21.5 Å². The molecule has 0 aliphatic carbocycles. The van der Waals surface area contributed by atoms with E-state index in [1.165, 1.54) is 0 Å². The number of benzene rings is 2. The molecule has 0 spiro atoms. The topological polar surface area (TPSA) is 35.0 Å². The molecular weight excluding hydrogens is 516 g/mol. The van der Waals surface area contributed by atoms with Crippen molar-refractivity contribution in [1.82, 2.24) is 9.97 Å². The van der Waals surface area contributed by atoms with Crippen molar-refractivity contribution in [3.05, 3.63) is 75.0 Å². The fourth-order valence-corrected chi connectivity index (χ4v) is 3.87. The standard InChI is InChI=1S/C14H16BrNO.C9H5BrClN/c1-10(2)7-8-17-14-12-6-4-3-5-11(12)13(15)9-16-14;10-8-5-12-9(11)7-4-2-1-3-6(7)8/h3-6,9-10H,7-8H2,1-2H3;1-5H. The van der Waals surface area contributed by atoms with E-state index in [-0.39, 0.29) is 0 Å². The lowest BCUT2D eigenvalue weighted by Gasteiger charge is -2.10. The Balaban J connectivity index is 0.000000176. The first-order valence-electron chi connectivity index (χ1n) is 9.32. The number of hydrogen-bond donors (Lipinski definition) is 0. The molecule has 4 aromatic rings. The summed E-state index contributed by atoms with van der Waals surface area (Å²) in [5, 5.41) is 4.83. The molecule has 0 aliphatic heterocycles. The summed E-state index contributed by atoms with van der Waals surface area (Å²) in [6.07, 6.45) is 4.56. The highest BCUT2D eigenvalue weighted by Crippen LogP contribution is 2.29. The maximum Gasteiger partial charge on any atom is 0.221 e. The largest absolute Gasteiger partial charge is 0.477 e. The Kier molecular flexibility index (Phi) is 7.87. The van der Waals surface area contributed by atoms with E-state index >= 15 is 0 Å². The van der Waals surface area contributed by atoms with Crippen LogP contribution in [0, 0.1) is 5.92 Å². The van der Waals surface area contributed by atoms with Gasteiger partial charge in [-0.05, 0) is 50.3 Å². The smallest absolute Gasteiger partial charge is 0.221 e. The molecular formula is C23H21Br2ClN2O. The second kappa shape index (κ2) is 10.4. The number of pyridine rings is 2. The summed E-state index contributed by atoms with van der Waals surface area (Å²) in [5.74, 6) is 1.38. The van der Waals surface area contributed by atoms with Crippen molar-refractivity contribution in [2.75, 3.05) is 6.61 Å². The van der Waals surface area contributed by atoms with Crippen LogP contribution in [0.1, 0.15) is 20.3 Å². The Labute approximate surface area is 192 Å². The minimum Gasteiger partial charge on any atom is -0.477 e. The van der Waals surface area contributed by atoms with Gasteiger partial charge in [-0.15, -0.1) is 0 Å². The van der Waals surface area contributed by atoms with E-state index in [9.17, 15) is 0 Å². The summed E-state index contributed by atoms with van der Waals surface area (Å²) in [7, 11) is 0. The van der Waals surface area contributed by atoms with Gasteiger partial charge in [0.05, 0.1) is 6.61 Å². The lowest BCUT2D eigenvalue weighted by molar-refractivity contribution is 0.283. The molecule has 0 fully saturated rings. The Hall–Kier alpha value is -1.69. The van der Waals surface area contributed by atoms with Gasteiger partial charge in [-0.3, -0.25) is 0 Å². The van der Waals surface area contributed by atoms with Crippen molar-refractivity contribution in [2.45, 2.75) is 20.3 Å². The second-order valence-corrected chi connectivity index (χ2v) is 9.00. The molecule has 0 amide bonds. The third kappa shape index (κ3) is 5.68. The zero-order valence-electron chi connectivity index (χ0n) is 16.2. The molecule has 150 valence electrons. The molecule has 29 heavy (non-hydrogen) atoms. The molecule has 0 unspecified atom stereocenters. The first kappa shape index (κ1) is 22.0. The fraction of sp³-hybridized carbons (Fsp3) is 0.217. The normalized spacial score (nSPS) is 10.8. The van der Waals surface area contributed by atoms with Gasteiger partial charge in [-0.2, -0.15) is 0 Å². The number of fused-ring (bicyclic) bond motifs is 2. The van der Waals surface area contributed by atoms with Gasteiger partial charge in [-0.25, -0.2) is 9.97 Å². The maximum absolute atomic E-state index is 5.90. The predicted octanol–water partition coefficient (Wildman–Crippen LogP) is 8.07. The van der Waals surface area contributed by atoms with Crippen LogP contribution in [-0.4, -0.2) is 16.6 Å². The molecule has 0 saturated carbocycles. The summed E-state index contributed by atoms with van der Waals surface area (Å²) in [5.41, 5.74) is 0. The molecule has 2 aromatic carbocycles. The highest BCUT2D eigenvalue weighted by Gasteiger charge is 2.06. The molecule has 0 bridgehead atoms. The molecule has 0 saturated heterocycles. The summed E-state index contributed by atoms with van der Waals surface area (Å²) in [4.78, 5) is 8.36. The maximum atomic E-state index is 5.90. The zero-order chi connectivity index (χ0) is 20.8. The Morgan fingerprint density at radius 1 is 0.828 bits per heavy atom. The van der Waals surface area contributed by atoms with Crippen LogP contribution in [-0.2, 0) is 0 Å². The SMILES string of the molecule is CC(C)CCOc1ncc(Br)c2ccccc12.Clc1ncc(Br)c2ccccc12. The lowest BCUT2D eigenvalue weighted by atomic mass is 10.1. The quantitative estimate of drug-likeness (QED) is 0.247. The van der Waals surface area contributed by atoms with Crippen molar-refractivity contribution in [3.8, 4) is 5.88 Å². The molecule has 0 radical (unpaired) electrons. The summed E-state index contributed by atoms with van der Waals surface area (Å²) < 4.78 is 7.73. The number of aromatic nitrogens is 2. The van der Waals surface area contributed by atoms with E-state index in [0.29, 0.717) is 11.1 Å². The summed E-state index contributed by atoms with van der Waals surface area (Å²) in [6, 6.07) is 16.0. The third-order valence-corrected chi connectivity index (χ3v) is 5.91. The fourth-order valence-electron chi connectivity index (χ4n) is 2.76. The number of ether oxygens (including phenoxy) is 1. The van der Waals surface area contributed by atoms with E-state index in [4.69, 9.17) is 16.3 Å². The van der Waals surface area contributed by atoms with E-state index in [1.807, 2.05) is 42.5 Å². The van der Waals surface area contributed by atoms with Crippen LogP contribution in [0.2, 0.25) is 5.15 Å². The lowest BCUT2D eigenvalue weighted by Crippen LogP contribution is -2.03. The number of nitrogens with zero attached hydrogens (tertiary/aromatic N) is 2. The predicted molar refractivity (Wildman–Crippen MR) is 129 cm³/mol. The van der Waals surface area contributed by atoms with Crippen LogP contribution in [0.3, 0.4) is 0 Å². The zero-order valence-corrected chi connectivity index (χ0v) is 20.1. The average molecular weight is 537 g/mol. The molecule has 3 nitrogen and oxygen atoms in total. The van der Waals surface area contributed by atoms with Crippen molar-refractivity contribution >= 4 is 65.0 Å².